The molecule has 0 spiro atoms. The predicted octanol–water partition coefficient (Wildman–Crippen LogP) is 3.94. The maximum absolute atomic E-state index is 13.2. The Kier molecular flexibility index (Phi) is 4.65. The third kappa shape index (κ3) is 3.57. The van der Waals surface area contributed by atoms with Crippen LogP contribution in [0.4, 0.5) is 5.82 Å². The van der Waals surface area contributed by atoms with E-state index in [1.165, 1.54) is 0 Å². The number of carbonyl (C=O) groups excluding carboxylic acids is 1. The zero-order chi connectivity index (χ0) is 19.1. The number of anilines is 1. The summed E-state index contributed by atoms with van der Waals surface area (Å²) in [6, 6.07) is 9.08. The first kappa shape index (κ1) is 18.0. The number of hydrogen-bond acceptors (Lipinski definition) is 4. The van der Waals surface area contributed by atoms with Crippen LogP contribution in [0.5, 0.6) is 0 Å². The first-order valence-electron chi connectivity index (χ1n) is 8.74. The van der Waals surface area contributed by atoms with Gasteiger partial charge in [0.15, 0.2) is 10.9 Å². The lowest BCUT2D eigenvalue weighted by Crippen LogP contribution is -2.49. The van der Waals surface area contributed by atoms with Crippen molar-refractivity contribution >= 4 is 40.7 Å². The number of carbonyl (C=O) groups is 1. The van der Waals surface area contributed by atoms with Crippen LogP contribution in [0.2, 0.25) is 5.02 Å². The smallest absolute Gasteiger partial charge is 0.257 e. The number of aromatic nitrogens is 1. The van der Waals surface area contributed by atoms with E-state index in [-0.39, 0.29) is 11.9 Å². The SMILES string of the molecule is CC1=C(C(=O)Nc2cc(C)on2)C(c2cccc(Cl)c2)NC(=S)N1C1CC1. The zero-order valence-electron chi connectivity index (χ0n) is 15.0. The normalized spacial score (nSPS) is 19.9. The Hall–Kier alpha value is -2.38. The minimum atomic E-state index is -0.390. The summed E-state index contributed by atoms with van der Waals surface area (Å²) >= 11 is 11.8. The second-order valence-corrected chi connectivity index (χ2v) is 7.64. The Morgan fingerprint density at radius 3 is 2.78 bits per heavy atom. The fraction of sp³-hybridized carbons (Fsp3) is 0.316. The van der Waals surface area contributed by atoms with Gasteiger partial charge in [0.05, 0.1) is 11.6 Å². The molecule has 2 aliphatic rings. The lowest BCUT2D eigenvalue weighted by Gasteiger charge is -2.38. The fourth-order valence-electron chi connectivity index (χ4n) is 3.37. The Labute approximate surface area is 167 Å². The van der Waals surface area contributed by atoms with Gasteiger partial charge in [-0.3, -0.25) is 4.79 Å². The summed E-state index contributed by atoms with van der Waals surface area (Å²) in [5.74, 6) is 0.769. The van der Waals surface area contributed by atoms with Crippen LogP contribution in [0.25, 0.3) is 0 Å². The van der Waals surface area contributed by atoms with Crippen molar-refractivity contribution < 1.29 is 9.32 Å². The van der Waals surface area contributed by atoms with Crippen molar-refractivity contribution in [1.82, 2.24) is 15.4 Å². The lowest BCUT2D eigenvalue weighted by atomic mass is 9.94. The van der Waals surface area contributed by atoms with Crippen LogP contribution in [-0.2, 0) is 4.79 Å². The van der Waals surface area contributed by atoms with Crippen LogP contribution in [0.15, 0.2) is 46.1 Å². The van der Waals surface area contributed by atoms with E-state index in [4.69, 9.17) is 28.3 Å². The molecule has 0 bridgehead atoms. The van der Waals surface area contributed by atoms with Crippen molar-refractivity contribution in [2.24, 2.45) is 0 Å². The molecule has 1 unspecified atom stereocenters. The molecule has 0 radical (unpaired) electrons. The van der Waals surface area contributed by atoms with Crippen molar-refractivity contribution in [3.05, 3.63) is 57.9 Å². The van der Waals surface area contributed by atoms with E-state index in [0.717, 1.165) is 24.1 Å². The van der Waals surface area contributed by atoms with Crippen LogP contribution in [0.3, 0.4) is 0 Å². The van der Waals surface area contributed by atoms with Crippen molar-refractivity contribution in [1.29, 1.82) is 0 Å². The van der Waals surface area contributed by atoms with Gasteiger partial charge in [-0.05, 0) is 56.6 Å². The summed E-state index contributed by atoms with van der Waals surface area (Å²) < 4.78 is 5.05. The van der Waals surface area contributed by atoms with E-state index < -0.39 is 0 Å². The van der Waals surface area contributed by atoms with E-state index in [0.29, 0.717) is 33.3 Å². The Morgan fingerprint density at radius 2 is 2.15 bits per heavy atom. The molecule has 1 aliphatic carbocycles. The van der Waals surface area contributed by atoms with E-state index >= 15 is 0 Å². The maximum atomic E-state index is 13.2. The van der Waals surface area contributed by atoms with Crippen molar-refractivity contribution in [3.8, 4) is 0 Å². The third-order valence-electron chi connectivity index (χ3n) is 4.73. The summed E-state index contributed by atoms with van der Waals surface area (Å²) in [5, 5.41) is 11.2. The molecule has 2 heterocycles. The molecule has 27 heavy (non-hydrogen) atoms. The highest BCUT2D eigenvalue weighted by Gasteiger charge is 2.40. The van der Waals surface area contributed by atoms with Crippen LogP contribution < -0.4 is 10.6 Å². The second-order valence-electron chi connectivity index (χ2n) is 6.81. The maximum Gasteiger partial charge on any atom is 0.257 e. The number of rotatable bonds is 4. The first-order valence-corrected chi connectivity index (χ1v) is 9.53. The number of amides is 1. The van der Waals surface area contributed by atoms with Crippen molar-refractivity contribution in [2.45, 2.75) is 38.8 Å². The standard InChI is InChI=1S/C19H19ClN4O2S/c1-10-8-15(23-26-10)21-18(25)16-11(2)24(14-6-7-14)19(27)22-17(16)12-4-3-5-13(20)9-12/h3-5,8-9,14,17H,6-7H2,1-2H3,(H,22,27)(H,21,23,25). The number of hydrogen-bond donors (Lipinski definition) is 2. The summed E-state index contributed by atoms with van der Waals surface area (Å²) in [5.41, 5.74) is 2.32. The quantitative estimate of drug-likeness (QED) is 0.755. The van der Waals surface area contributed by atoms with Crippen LogP contribution in [-0.4, -0.2) is 27.1 Å². The van der Waals surface area contributed by atoms with Gasteiger partial charge in [0.2, 0.25) is 0 Å². The fourth-order valence-corrected chi connectivity index (χ4v) is 3.97. The van der Waals surface area contributed by atoms with Gasteiger partial charge >= 0.3 is 0 Å². The molecule has 2 aromatic rings. The third-order valence-corrected chi connectivity index (χ3v) is 5.28. The molecule has 1 amide bonds. The number of halogens is 1. The highest BCUT2D eigenvalue weighted by Crippen LogP contribution is 2.38. The zero-order valence-corrected chi connectivity index (χ0v) is 16.5. The molecule has 1 fully saturated rings. The van der Waals surface area contributed by atoms with Gasteiger partial charge in [-0.15, -0.1) is 0 Å². The molecule has 1 aromatic heterocycles. The van der Waals surface area contributed by atoms with Crippen LogP contribution in [0.1, 0.15) is 37.1 Å². The van der Waals surface area contributed by atoms with Crippen molar-refractivity contribution in [2.75, 3.05) is 5.32 Å². The highest BCUT2D eigenvalue weighted by atomic mass is 35.5. The molecule has 1 aliphatic heterocycles. The van der Waals surface area contributed by atoms with E-state index in [1.54, 1.807) is 19.1 Å². The molecule has 0 saturated heterocycles. The molecular formula is C19H19ClN4O2S. The van der Waals surface area contributed by atoms with E-state index in [2.05, 4.69) is 15.8 Å². The molecule has 6 nitrogen and oxygen atoms in total. The molecule has 8 heteroatoms. The van der Waals surface area contributed by atoms with Gasteiger partial charge in [0, 0.05) is 22.8 Å². The van der Waals surface area contributed by atoms with Gasteiger partial charge in [-0.2, -0.15) is 0 Å². The second kappa shape index (κ2) is 6.98. The summed E-state index contributed by atoms with van der Waals surface area (Å²) in [6.45, 7) is 3.71. The molecule has 4 rings (SSSR count). The molecular weight excluding hydrogens is 384 g/mol. The largest absolute Gasteiger partial charge is 0.360 e. The van der Waals surface area contributed by atoms with Gasteiger partial charge in [-0.25, -0.2) is 0 Å². The van der Waals surface area contributed by atoms with Crippen LogP contribution >= 0.6 is 23.8 Å². The number of thiocarbonyl (C=S) groups is 1. The van der Waals surface area contributed by atoms with Gasteiger partial charge in [-0.1, -0.05) is 28.9 Å². The minimum absolute atomic E-state index is 0.244. The Morgan fingerprint density at radius 1 is 1.37 bits per heavy atom. The molecule has 2 N–H and O–H groups in total. The van der Waals surface area contributed by atoms with Crippen LogP contribution in [0, 0.1) is 6.92 Å². The molecule has 140 valence electrons. The number of nitrogens with zero attached hydrogens (tertiary/aromatic N) is 2. The predicted molar refractivity (Wildman–Crippen MR) is 107 cm³/mol. The molecule has 1 aromatic carbocycles. The van der Waals surface area contributed by atoms with E-state index in [1.807, 2.05) is 30.0 Å². The lowest BCUT2D eigenvalue weighted by molar-refractivity contribution is -0.113. The monoisotopic (exact) mass is 402 g/mol. The first-order chi connectivity index (χ1) is 12.9. The highest BCUT2D eigenvalue weighted by molar-refractivity contribution is 7.80. The minimum Gasteiger partial charge on any atom is -0.360 e. The summed E-state index contributed by atoms with van der Waals surface area (Å²) in [6.07, 6.45) is 2.14. The number of aryl methyl sites for hydroxylation is 1. The molecule has 1 atom stereocenters. The van der Waals surface area contributed by atoms with Gasteiger partial charge in [0.1, 0.15) is 5.76 Å². The van der Waals surface area contributed by atoms with Crippen molar-refractivity contribution in [3.63, 3.8) is 0 Å². The van der Waals surface area contributed by atoms with Gasteiger partial charge in [0.25, 0.3) is 5.91 Å². The number of nitrogens with one attached hydrogen (secondary N) is 2. The summed E-state index contributed by atoms with van der Waals surface area (Å²) in [4.78, 5) is 15.2. The summed E-state index contributed by atoms with van der Waals surface area (Å²) in [7, 11) is 0. The Bertz CT molecular complexity index is 951. The average Bonchev–Trinajstić information content (AvgIpc) is 3.36. The number of allylic oxidation sites excluding steroid dienone is 1. The number of benzene rings is 1. The average molecular weight is 403 g/mol. The van der Waals surface area contributed by atoms with Gasteiger partial charge < -0.3 is 20.1 Å². The Balaban J connectivity index is 1.74. The topological polar surface area (TPSA) is 70.4 Å². The van der Waals surface area contributed by atoms with E-state index in [9.17, 15) is 4.79 Å². The molecule has 1 saturated carbocycles.